The van der Waals surface area contributed by atoms with Gasteiger partial charge >= 0.3 is 0 Å². The number of nitrogens with one attached hydrogen (secondary N) is 1. The molecule has 1 aromatic carbocycles. The molecule has 2 aromatic heterocycles. The van der Waals surface area contributed by atoms with Crippen molar-refractivity contribution in [3.8, 4) is 11.3 Å². The lowest BCUT2D eigenvalue weighted by molar-refractivity contribution is -0.115. The predicted octanol–water partition coefficient (Wildman–Crippen LogP) is 3.89. The zero-order chi connectivity index (χ0) is 14.7. The molecule has 106 valence electrons. The highest BCUT2D eigenvalue weighted by molar-refractivity contribution is 7.08. The van der Waals surface area contributed by atoms with Crippen LogP contribution in [0.25, 0.3) is 11.3 Å². The molecule has 3 aromatic rings. The Hall–Kier alpha value is -2.40. The summed E-state index contributed by atoms with van der Waals surface area (Å²) in [5.41, 5.74) is 3.82. The van der Waals surface area contributed by atoms with Crippen LogP contribution in [0.5, 0.6) is 0 Å². The van der Waals surface area contributed by atoms with Crippen LogP contribution in [0.2, 0.25) is 0 Å². The number of benzene rings is 1. The molecule has 21 heavy (non-hydrogen) atoms. The lowest BCUT2D eigenvalue weighted by Gasteiger charge is -2.04. The number of carbonyl (C=O) groups excluding carboxylic acids is 1. The number of amides is 1. The molecular formula is C16H14N2O2S. The standard InChI is InChI=1S/C16H14N2O2S/c1-11-4-2-3-5-12(11)8-15(19)17-16-9-14(18-20-16)13-6-7-21-10-13/h2-7,9-10H,8H2,1H3,(H,17,19). The molecule has 2 heterocycles. The number of hydrogen-bond acceptors (Lipinski definition) is 4. The van der Waals surface area contributed by atoms with Crippen molar-refractivity contribution < 1.29 is 9.32 Å². The Balaban J connectivity index is 1.67. The van der Waals surface area contributed by atoms with Gasteiger partial charge < -0.3 is 4.52 Å². The Bertz CT molecular complexity index is 747. The second-order valence-electron chi connectivity index (χ2n) is 4.74. The highest BCUT2D eigenvalue weighted by Crippen LogP contribution is 2.23. The summed E-state index contributed by atoms with van der Waals surface area (Å²) < 4.78 is 5.15. The van der Waals surface area contributed by atoms with E-state index in [4.69, 9.17) is 4.52 Å². The summed E-state index contributed by atoms with van der Waals surface area (Å²) in [6.45, 7) is 1.99. The van der Waals surface area contributed by atoms with E-state index >= 15 is 0 Å². The van der Waals surface area contributed by atoms with Crippen molar-refractivity contribution in [3.05, 3.63) is 58.3 Å². The van der Waals surface area contributed by atoms with E-state index in [1.807, 2.05) is 48.0 Å². The topological polar surface area (TPSA) is 55.1 Å². The average molecular weight is 298 g/mol. The van der Waals surface area contributed by atoms with Crippen LogP contribution in [0.3, 0.4) is 0 Å². The minimum Gasteiger partial charge on any atom is -0.338 e. The van der Waals surface area contributed by atoms with E-state index in [2.05, 4.69) is 10.5 Å². The molecule has 0 atom stereocenters. The number of carbonyl (C=O) groups is 1. The minimum absolute atomic E-state index is 0.114. The van der Waals surface area contributed by atoms with Gasteiger partial charge in [-0.05, 0) is 29.5 Å². The lowest BCUT2D eigenvalue weighted by Crippen LogP contribution is -2.14. The number of aromatic nitrogens is 1. The SMILES string of the molecule is Cc1ccccc1CC(=O)Nc1cc(-c2ccsc2)no1. The second-order valence-corrected chi connectivity index (χ2v) is 5.52. The van der Waals surface area contributed by atoms with Gasteiger partial charge in [-0.25, -0.2) is 0 Å². The third-order valence-corrected chi connectivity index (χ3v) is 3.89. The van der Waals surface area contributed by atoms with E-state index in [-0.39, 0.29) is 5.91 Å². The molecule has 0 saturated carbocycles. The van der Waals surface area contributed by atoms with Gasteiger partial charge in [0, 0.05) is 17.0 Å². The summed E-state index contributed by atoms with van der Waals surface area (Å²) in [7, 11) is 0. The van der Waals surface area contributed by atoms with Crippen LogP contribution in [0.15, 0.2) is 51.7 Å². The molecule has 0 aliphatic rings. The van der Waals surface area contributed by atoms with Crippen molar-refractivity contribution in [2.75, 3.05) is 5.32 Å². The number of hydrogen-bond donors (Lipinski definition) is 1. The third-order valence-electron chi connectivity index (χ3n) is 3.20. The number of rotatable bonds is 4. The van der Waals surface area contributed by atoms with Gasteiger partial charge in [-0.3, -0.25) is 10.1 Å². The van der Waals surface area contributed by atoms with Gasteiger partial charge in [0.25, 0.3) is 0 Å². The third kappa shape index (κ3) is 3.20. The van der Waals surface area contributed by atoms with Crippen molar-refractivity contribution >= 4 is 23.1 Å². The van der Waals surface area contributed by atoms with Crippen LogP contribution in [0, 0.1) is 6.92 Å². The molecule has 0 fully saturated rings. The van der Waals surface area contributed by atoms with Gasteiger partial charge in [0.05, 0.1) is 6.42 Å². The molecule has 0 aliphatic heterocycles. The zero-order valence-electron chi connectivity index (χ0n) is 11.5. The molecule has 0 spiro atoms. The van der Waals surface area contributed by atoms with E-state index in [1.165, 1.54) is 0 Å². The molecule has 0 bridgehead atoms. The molecule has 0 unspecified atom stereocenters. The fraction of sp³-hybridized carbons (Fsp3) is 0.125. The maximum atomic E-state index is 12.0. The summed E-state index contributed by atoms with van der Waals surface area (Å²) in [4.78, 5) is 12.0. The Kier molecular flexibility index (Phi) is 3.83. The maximum Gasteiger partial charge on any atom is 0.231 e. The van der Waals surface area contributed by atoms with Crippen LogP contribution in [0.4, 0.5) is 5.88 Å². The summed E-state index contributed by atoms with van der Waals surface area (Å²) in [6, 6.07) is 11.5. The van der Waals surface area contributed by atoms with Crippen LogP contribution < -0.4 is 5.32 Å². The summed E-state index contributed by atoms with van der Waals surface area (Å²) in [6.07, 6.45) is 0.321. The van der Waals surface area contributed by atoms with Crippen LogP contribution >= 0.6 is 11.3 Å². The number of nitrogens with zero attached hydrogens (tertiary/aromatic N) is 1. The Morgan fingerprint density at radius 2 is 2.19 bits per heavy atom. The van der Waals surface area contributed by atoms with Gasteiger partial charge in [0.1, 0.15) is 5.69 Å². The van der Waals surface area contributed by atoms with Crippen molar-refractivity contribution in [3.63, 3.8) is 0 Å². The van der Waals surface area contributed by atoms with Crippen molar-refractivity contribution in [1.29, 1.82) is 0 Å². The molecule has 0 aliphatic carbocycles. The Morgan fingerprint density at radius 3 is 2.95 bits per heavy atom. The van der Waals surface area contributed by atoms with Crippen molar-refractivity contribution in [2.24, 2.45) is 0 Å². The Labute approximate surface area is 126 Å². The molecule has 1 amide bonds. The largest absolute Gasteiger partial charge is 0.338 e. The summed E-state index contributed by atoms with van der Waals surface area (Å²) in [5.74, 6) is 0.257. The van der Waals surface area contributed by atoms with Gasteiger partial charge in [-0.1, -0.05) is 29.4 Å². The molecule has 4 nitrogen and oxygen atoms in total. The number of aryl methyl sites for hydroxylation is 1. The van der Waals surface area contributed by atoms with E-state index in [1.54, 1.807) is 17.4 Å². The quantitative estimate of drug-likeness (QED) is 0.795. The van der Waals surface area contributed by atoms with Gasteiger partial charge in [-0.2, -0.15) is 11.3 Å². The zero-order valence-corrected chi connectivity index (χ0v) is 12.3. The second kappa shape index (κ2) is 5.93. The lowest BCUT2D eigenvalue weighted by atomic mass is 10.1. The Morgan fingerprint density at radius 1 is 1.33 bits per heavy atom. The smallest absolute Gasteiger partial charge is 0.231 e. The molecule has 0 saturated heterocycles. The highest BCUT2D eigenvalue weighted by atomic mass is 32.1. The van der Waals surface area contributed by atoms with Crippen molar-refractivity contribution in [1.82, 2.24) is 5.16 Å². The number of anilines is 1. The van der Waals surface area contributed by atoms with E-state index in [0.717, 1.165) is 22.4 Å². The van der Waals surface area contributed by atoms with Crippen LogP contribution in [-0.2, 0) is 11.2 Å². The minimum atomic E-state index is -0.114. The van der Waals surface area contributed by atoms with Gasteiger partial charge in [0.15, 0.2) is 0 Å². The first-order chi connectivity index (χ1) is 10.2. The fourth-order valence-corrected chi connectivity index (χ4v) is 2.69. The molecule has 1 N–H and O–H groups in total. The average Bonchev–Trinajstić information content (AvgIpc) is 3.12. The molecule has 0 radical (unpaired) electrons. The molecule has 3 rings (SSSR count). The fourth-order valence-electron chi connectivity index (χ4n) is 2.04. The first kappa shape index (κ1) is 13.6. The van der Waals surface area contributed by atoms with E-state index in [9.17, 15) is 4.79 Å². The van der Waals surface area contributed by atoms with E-state index < -0.39 is 0 Å². The van der Waals surface area contributed by atoms with Crippen LogP contribution in [-0.4, -0.2) is 11.1 Å². The van der Waals surface area contributed by atoms with Gasteiger partial charge in [0.2, 0.25) is 11.8 Å². The maximum absolute atomic E-state index is 12.0. The summed E-state index contributed by atoms with van der Waals surface area (Å²) in [5, 5.41) is 10.6. The first-order valence-electron chi connectivity index (χ1n) is 6.56. The highest BCUT2D eigenvalue weighted by Gasteiger charge is 2.11. The predicted molar refractivity (Wildman–Crippen MR) is 83.3 cm³/mol. The normalized spacial score (nSPS) is 10.5. The molecular weight excluding hydrogens is 284 g/mol. The van der Waals surface area contributed by atoms with Gasteiger partial charge in [-0.15, -0.1) is 0 Å². The monoisotopic (exact) mass is 298 g/mol. The first-order valence-corrected chi connectivity index (χ1v) is 7.50. The molecule has 5 heteroatoms. The summed E-state index contributed by atoms with van der Waals surface area (Å²) >= 11 is 1.59. The van der Waals surface area contributed by atoms with Crippen molar-refractivity contribution in [2.45, 2.75) is 13.3 Å². The van der Waals surface area contributed by atoms with E-state index in [0.29, 0.717) is 12.3 Å². The van der Waals surface area contributed by atoms with Crippen LogP contribution in [0.1, 0.15) is 11.1 Å². The number of thiophene rings is 1.